The minimum atomic E-state index is 0.122. The maximum absolute atomic E-state index is 6.27. The third kappa shape index (κ3) is 3.68. The van der Waals surface area contributed by atoms with Crippen LogP contribution in [0.25, 0.3) is 0 Å². The standard InChI is InChI=1S/C25H28N6/c1-28-23-12-11-22(16-4-2-5-16)30-25(23)31(15-18-6-3-13-29-24(18)27)19-8-9-20-17(14-19)7-10-21(20)26/h3,6,8-9,11-14,16,21H,1-2,4-5,7,10,15,26H2,(H2,27,29). The van der Waals surface area contributed by atoms with E-state index in [-0.39, 0.29) is 6.04 Å². The molecule has 1 unspecified atom stereocenters. The van der Waals surface area contributed by atoms with Gasteiger partial charge in [-0.25, -0.2) is 9.97 Å². The number of fused-ring (bicyclic) bond motifs is 1. The highest BCUT2D eigenvalue weighted by atomic mass is 15.2. The summed E-state index contributed by atoms with van der Waals surface area (Å²) in [5.74, 6) is 1.87. The minimum Gasteiger partial charge on any atom is -0.383 e. The summed E-state index contributed by atoms with van der Waals surface area (Å²) < 4.78 is 0. The third-order valence-electron chi connectivity index (χ3n) is 6.64. The molecule has 2 aliphatic rings. The van der Waals surface area contributed by atoms with Gasteiger partial charge in [-0.15, -0.1) is 0 Å². The monoisotopic (exact) mass is 412 g/mol. The number of aryl methyl sites for hydroxylation is 1. The van der Waals surface area contributed by atoms with Gasteiger partial charge in [-0.1, -0.05) is 18.6 Å². The summed E-state index contributed by atoms with van der Waals surface area (Å²) in [5, 5.41) is 0. The molecule has 31 heavy (non-hydrogen) atoms. The molecule has 0 aliphatic heterocycles. The van der Waals surface area contributed by atoms with Crippen LogP contribution >= 0.6 is 0 Å². The van der Waals surface area contributed by atoms with Gasteiger partial charge in [0.1, 0.15) is 11.5 Å². The highest BCUT2D eigenvalue weighted by Crippen LogP contribution is 2.41. The topological polar surface area (TPSA) is 93.4 Å². The molecular weight excluding hydrogens is 384 g/mol. The first kappa shape index (κ1) is 19.7. The summed E-state index contributed by atoms with van der Waals surface area (Å²) in [4.78, 5) is 15.8. The summed E-state index contributed by atoms with van der Waals surface area (Å²) in [7, 11) is 0. The summed E-state index contributed by atoms with van der Waals surface area (Å²) in [6.07, 6.45) is 7.36. The molecule has 2 aliphatic carbocycles. The minimum absolute atomic E-state index is 0.122. The molecule has 158 valence electrons. The Hall–Kier alpha value is -3.25. The van der Waals surface area contributed by atoms with Gasteiger partial charge in [-0.2, -0.15) is 0 Å². The van der Waals surface area contributed by atoms with Crippen molar-refractivity contribution in [1.82, 2.24) is 9.97 Å². The van der Waals surface area contributed by atoms with Crippen molar-refractivity contribution in [3.63, 3.8) is 0 Å². The fraction of sp³-hybridized carbons (Fsp3) is 0.320. The molecule has 3 aromatic rings. The maximum atomic E-state index is 6.27. The smallest absolute Gasteiger partial charge is 0.159 e. The highest BCUT2D eigenvalue weighted by Gasteiger charge is 2.25. The first-order chi connectivity index (χ1) is 15.1. The second kappa shape index (κ2) is 8.12. The highest BCUT2D eigenvalue weighted by molar-refractivity contribution is 5.73. The lowest BCUT2D eigenvalue weighted by Gasteiger charge is -2.29. The maximum Gasteiger partial charge on any atom is 0.159 e. The number of anilines is 3. The second-order valence-corrected chi connectivity index (χ2v) is 8.53. The Balaban J connectivity index is 1.62. The summed E-state index contributed by atoms with van der Waals surface area (Å²) in [5.41, 5.74) is 18.9. The summed E-state index contributed by atoms with van der Waals surface area (Å²) >= 11 is 0. The van der Waals surface area contributed by atoms with Gasteiger partial charge in [0.15, 0.2) is 5.82 Å². The van der Waals surface area contributed by atoms with E-state index < -0.39 is 0 Å². The first-order valence-corrected chi connectivity index (χ1v) is 11.0. The lowest BCUT2D eigenvalue weighted by molar-refractivity contribution is 0.411. The SMILES string of the molecule is C=Nc1ccc(C2CCC2)nc1N(Cc1cccnc1N)c1ccc2c(c1)CCC2N. The van der Waals surface area contributed by atoms with E-state index in [4.69, 9.17) is 16.5 Å². The zero-order chi connectivity index (χ0) is 21.4. The lowest BCUT2D eigenvalue weighted by atomic mass is 9.82. The van der Waals surface area contributed by atoms with Gasteiger partial charge in [0.05, 0.1) is 6.54 Å². The Bertz CT molecular complexity index is 1120. The molecule has 2 heterocycles. The van der Waals surface area contributed by atoms with Gasteiger partial charge in [0.25, 0.3) is 0 Å². The number of hydrogen-bond acceptors (Lipinski definition) is 6. The van der Waals surface area contributed by atoms with Crippen molar-refractivity contribution in [1.29, 1.82) is 0 Å². The predicted octanol–water partition coefficient (Wildman–Crippen LogP) is 4.94. The van der Waals surface area contributed by atoms with Crippen molar-refractivity contribution in [3.8, 4) is 0 Å². The van der Waals surface area contributed by atoms with Gasteiger partial charge >= 0.3 is 0 Å². The molecule has 0 saturated heterocycles. The van der Waals surface area contributed by atoms with E-state index in [1.54, 1.807) is 6.20 Å². The number of rotatable bonds is 6. The molecule has 2 aromatic heterocycles. The van der Waals surface area contributed by atoms with Crippen LogP contribution in [0.1, 0.15) is 60.0 Å². The molecule has 0 amide bonds. The Labute approximate surface area is 183 Å². The van der Waals surface area contributed by atoms with Crippen molar-refractivity contribution >= 4 is 29.7 Å². The number of pyridine rings is 2. The van der Waals surface area contributed by atoms with Crippen molar-refractivity contribution < 1.29 is 0 Å². The molecule has 0 radical (unpaired) electrons. The summed E-state index contributed by atoms with van der Waals surface area (Å²) in [6, 6.07) is 14.7. The first-order valence-electron chi connectivity index (χ1n) is 11.0. The molecule has 6 nitrogen and oxygen atoms in total. The van der Waals surface area contributed by atoms with E-state index in [9.17, 15) is 0 Å². The molecule has 0 bridgehead atoms. The van der Waals surface area contributed by atoms with E-state index in [0.717, 1.165) is 41.3 Å². The van der Waals surface area contributed by atoms with Crippen LogP contribution in [0.15, 0.2) is 53.7 Å². The fourth-order valence-electron chi connectivity index (χ4n) is 4.56. The molecule has 1 atom stereocenters. The molecular formula is C25H28N6. The molecule has 1 saturated carbocycles. The van der Waals surface area contributed by atoms with E-state index in [1.807, 2.05) is 18.2 Å². The lowest BCUT2D eigenvalue weighted by Crippen LogP contribution is -2.21. The van der Waals surface area contributed by atoms with Crippen LogP contribution in [0.2, 0.25) is 0 Å². The van der Waals surface area contributed by atoms with Gasteiger partial charge in [-0.05, 0) is 73.9 Å². The second-order valence-electron chi connectivity index (χ2n) is 8.53. The average Bonchev–Trinajstić information content (AvgIpc) is 3.12. The van der Waals surface area contributed by atoms with Crippen LogP contribution in [-0.4, -0.2) is 16.7 Å². The third-order valence-corrected chi connectivity index (χ3v) is 6.64. The van der Waals surface area contributed by atoms with Crippen molar-refractivity contribution in [2.45, 2.75) is 50.6 Å². The molecule has 0 spiro atoms. The number of nitrogens with two attached hydrogens (primary N) is 2. The van der Waals surface area contributed by atoms with E-state index in [0.29, 0.717) is 18.3 Å². The van der Waals surface area contributed by atoms with Gasteiger partial charge in [0, 0.05) is 35.1 Å². The molecule has 4 N–H and O–H groups in total. The van der Waals surface area contributed by atoms with E-state index in [1.165, 1.54) is 30.4 Å². The Morgan fingerprint density at radius 1 is 1.13 bits per heavy atom. The van der Waals surface area contributed by atoms with E-state index >= 15 is 0 Å². The normalized spacial score (nSPS) is 17.8. The molecule has 1 aromatic carbocycles. The Morgan fingerprint density at radius 2 is 2.00 bits per heavy atom. The number of benzene rings is 1. The van der Waals surface area contributed by atoms with Crippen LogP contribution in [0.4, 0.5) is 23.0 Å². The Morgan fingerprint density at radius 3 is 2.74 bits per heavy atom. The van der Waals surface area contributed by atoms with Gasteiger partial charge in [0.2, 0.25) is 0 Å². The number of hydrogen-bond donors (Lipinski definition) is 2. The zero-order valence-electron chi connectivity index (χ0n) is 17.7. The zero-order valence-corrected chi connectivity index (χ0v) is 17.7. The van der Waals surface area contributed by atoms with Crippen molar-refractivity contribution in [2.75, 3.05) is 10.6 Å². The van der Waals surface area contributed by atoms with Crippen LogP contribution in [0.5, 0.6) is 0 Å². The summed E-state index contributed by atoms with van der Waals surface area (Å²) in [6.45, 7) is 4.35. The van der Waals surface area contributed by atoms with Crippen LogP contribution in [-0.2, 0) is 13.0 Å². The largest absolute Gasteiger partial charge is 0.383 e. The molecule has 5 rings (SSSR count). The molecule has 6 heteroatoms. The Kier molecular flexibility index (Phi) is 5.16. The quantitative estimate of drug-likeness (QED) is 0.559. The van der Waals surface area contributed by atoms with Gasteiger partial charge < -0.3 is 16.4 Å². The number of aromatic nitrogens is 2. The van der Waals surface area contributed by atoms with Crippen molar-refractivity contribution in [2.24, 2.45) is 10.7 Å². The van der Waals surface area contributed by atoms with Crippen LogP contribution < -0.4 is 16.4 Å². The predicted molar refractivity (Wildman–Crippen MR) is 126 cm³/mol. The number of aliphatic imine (C=N–C) groups is 1. The fourth-order valence-corrected chi connectivity index (χ4v) is 4.56. The van der Waals surface area contributed by atoms with Crippen LogP contribution in [0, 0.1) is 0 Å². The number of nitrogens with zero attached hydrogens (tertiary/aromatic N) is 4. The number of nitrogen functional groups attached to an aromatic ring is 1. The van der Waals surface area contributed by atoms with E-state index in [2.05, 4.69) is 45.9 Å². The average molecular weight is 413 g/mol. The van der Waals surface area contributed by atoms with Gasteiger partial charge in [-0.3, -0.25) is 4.99 Å². The van der Waals surface area contributed by atoms with Crippen LogP contribution in [0.3, 0.4) is 0 Å². The van der Waals surface area contributed by atoms with Crippen molar-refractivity contribution in [3.05, 3.63) is 71.0 Å². The molecule has 1 fully saturated rings.